The molecule has 0 saturated carbocycles. The molecule has 0 spiro atoms. The van der Waals surface area contributed by atoms with Crippen molar-refractivity contribution >= 4 is 29.2 Å². The van der Waals surface area contributed by atoms with E-state index in [1.165, 1.54) is 37.0 Å². The predicted octanol–water partition coefficient (Wildman–Crippen LogP) is 3.51. The highest BCUT2D eigenvalue weighted by Crippen LogP contribution is 2.20. The first-order valence-corrected chi connectivity index (χ1v) is 10.1. The van der Waals surface area contributed by atoms with Gasteiger partial charge in [-0.25, -0.2) is 4.98 Å². The molecule has 1 aliphatic rings. The van der Waals surface area contributed by atoms with E-state index in [1.54, 1.807) is 18.2 Å². The Balaban J connectivity index is 1.33. The Morgan fingerprint density at radius 3 is 2.59 bits per heavy atom. The number of nitrogens with zero attached hydrogens (tertiary/aromatic N) is 5. The van der Waals surface area contributed by atoms with Crippen LogP contribution in [0, 0.1) is 0 Å². The maximum absolute atomic E-state index is 5.96. The Morgan fingerprint density at radius 1 is 1.03 bits per heavy atom. The van der Waals surface area contributed by atoms with Crippen molar-refractivity contribution in [3.05, 3.63) is 47.6 Å². The number of benzene rings is 1. The molecule has 1 aliphatic heterocycles. The monoisotopic (exact) mass is 413 g/mol. The lowest BCUT2D eigenvalue weighted by Crippen LogP contribution is -2.33. The summed E-state index contributed by atoms with van der Waals surface area (Å²) in [5, 5.41) is 7.85. The Morgan fingerprint density at radius 2 is 1.83 bits per heavy atom. The second-order valence-electron chi connectivity index (χ2n) is 6.92. The molecule has 8 nitrogen and oxygen atoms in total. The van der Waals surface area contributed by atoms with Gasteiger partial charge in [0.1, 0.15) is 17.5 Å². The molecule has 0 aliphatic carbocycles. The molecule has 3 N–H and O–H groups in total. The van der Waals surface area contributed by atoms with Crippen molar-refractivity contribution in [2.24, 2.45) is 0 Å². The highest BCUT2D eigenvalue weighted by molar-refractivity contribution is 6.29. The van der Waals surface area contributed by atoms with Crippen LogP contribution in [0.1, 0.15) is 19.3 Å². The number of piperidine rings is 1. The Kier molecular flexibility index (Phi) is 6.12. The van der Waals surface area contributed by atoms with Gasteiger partial charge >= 0.3 is 0 Å². The van der Waals surface area contributed by atoms with Gasteiger partial charge in [-0.1, -0.05) is 24.1 Å². The number of likely N-dealkylation sites (tertiary alicyclic amines) is 1. The van der Waals surface area contributed by atoms with E-state index in [-0.39, 0.29) is 5.95 Å². The number of aromatic nitrogens is 4. The zero-order valence-corrected chi connectivity index (χ0v) is 16.8. The first-order valence-electron chi connectivity index (χ1n) is 9.75. The number of hydrogen-bond acceptors (Lipinski definition) is 7. The summed E-state index contributed by atoms with van der Waals surface area (Å²) in [6, 6.07) is 12.9. The van der Waals surface area contributed by atoms with Gasteiger partial charge < -0.3 is 15.8 Å². The van der Waals surface area contributed by atoms with E-state index in [1.807, 2.05) is 24.3 Å². The first kappa shape index (κ1) is 19.5. The van der Waals surface area contributed by atoms with Crippen LogP contribution < -0.4 is 15.8 Å². The summed E-state index contributed by atoms with van der Waals surface area (Å²) in [5.41, 5.74) is 6.80. The minimum atomic E-state index is 0.222. The number of ether oxygens (including phenoxy) is 1. The number of pyridine rings is 1. The van der Waals surface area contributed by atoms with Crippen LogP contribution in [0.4, 0.5) is 17.6 Å². The van der Waals surface area contributed by atoms with E-state index < -0.39 is 0 Å². The van der Waals surface area contributed by atoms with E-state index in [9.17, 15) is 0 Å². The normalized spacial score (nSPS) is 14.7. The van der Waals surface area contributed by atoms with Crippen molar-refractivity contribution < 1.29 is 4.74 Å². The van der Waals surface area contributed by atoms with Gasteiger partial charge in [0.05, 0.1) is 0 Å². The fourth-order valence-corrected chi connectivity index (χ4v) is 3.46. The maximum Gasteiger partial charge on any atom is 0.248 e. The first-order chi connectivity index (χ1) is 14.2. The lowest BCUT2D eigenvalue weighted by atomic mass is 10.1. The second kappa shape index (κ2) is 9.11. The van der Waals surface area contributed by atoms with Gasteiger partial charge in [-0.15, -0.1) is 5.10 Å². The van der Waals surface area contributed by atoms with Gasteiger partial charge in [0.25, 0.3) is 0 Å². The van der Waals surface area contributed by atoms with Crippen molar-refractivity contribution in [1.82, 2.24) is 24.6 Å². The summed E-state index contributed by atoms with van der Waals surface area (Å²) < 4.78 is 7.30. The highest BCUT2D eigenvalue weighted by Gasteiger charge is 2.11. The van der Waals surface area contributed by atoms with Crippen LogP contribution in [-0.2, 0) is 0 Å². The van der Waals surface area contributed by atoms with Crippen LogP contribution in [-0.4, -0.2) is 50.9 Å². The predicted molar refractivity (Wildman–Crippen MR) is 114 cm³/mol. The van der Waals surface area contributed by atoms with Gasteiger partial charge in [0.2, 0.25) is 11.9 Å². The van der Waals surface area contributed by atoms with E-state index in [2.05, 4.69) is 25.3 Å². The summed E-state index contributed by atoms with van der Waals surface area (Å²) in [7, 11) is 0. The van der Waals surface area contributed by atoms with Crippen LogP contribution >= 0.6 is 11.6 Å². The molecule has 0 atom stereocenters. The molecule has 2 aromatic heterocycles. The molecule has 0 radical (unpaired) electrons. The van der Waals surface area contributed by atoms with Crippen molar-refractivity contribution in [3.8, 4) is 11.6 Å². The molecule has 9 heteroatoms. The molecular weight excluding hydrogens is 390 g/mol. The van der Waals surface area contributed by atoms with Crippen LogP contribution in [0.5, 0.6) is 5.75 Å². The molecule has 0 amide bonds. The molecule has 0 bridgehead atoms. The smallest absolute Gasteiger partial charge is 0.248 e. The Bertz CT molecular complexity index is 938. The molecule has 4 rings (SSSR count). The summed E-state index contributed by atoms with van der Waals surface area (Å²) in [6.07, 6.45) is 3.93. The third-order valence-electron chi connectivity index (χ3n) is 4.78. The minimum absolute atomic E-state index is 0.222. The Labute approximate surface area is 174 Å². The van der Waals surface area contributed by atoms with Crippen LogP contribution in [0.2, 0.25) is 5.15 Å². The molecule has 1 fully saturated rings. The molecule has 1 aromatic carbocycles. The van der Waals surface area contributed by atoms with Crippen molar-refractivity contribution in [1.29, 1.82) is 0 Å². The molecule has 3 heterocycles. The number of nitrogen functional groups attached to an aromatic ring is 1. The van der Waals surface area contributed by atoms with E-state index in [0.717, 1.165) is 18.0 Å². The van der Waals surface area contributed by atoms with Gasteiger partial charge in [0, 0.05) is 12.2 Å². The van der Waals surface area contributed by atoms with Gasteiger partial charge in [0.15, 0.2) is 5.82 Å². The fraction of sp³-hybridized carbons (Fsp3) is 0.350. The topological polar surface area (TPSA) is 94.1 Å². The lowest BCUT2D eigenvalue weighted by molar-refractivity contribution is 0.183. The Hall–Kier alpha value is -2.84. The number of hydrogen-bond donors (Lipinski definition) is 2. The molecule has 1 saturated heterocycles. The number of nitrogens with two attached hydrogens (primary N) is 1. The molecule has 0 unspecified atom stereocenters. The van der Waals surface area contributed by atoms with Gasteiger partial charge in [-0.05, 0) is 62.3 Å². The third-order valence-corrected chi connectivity index (χ3v) is 5.00. The van der Waals surface area contributed by atoms with Crippen LogP contribution in [0.25, 0.3) is 5.82 Å². The number of anilines is 3. The summed E-state index contributed by atoms with van der Waals surface area (Å²) >= 11 is 5.94. The second-order valence-corrected chi connectivity index (χ2v) is 7.31. The van der Waals surface area contributed by atoms with E-state index >= 15 is 0 Å². The van der Waals surface area contributed by atoms with Crippen LogP contribution in [0.3, 0.4) is 0 Å². The van der Waals surface area contributed by atoms with Crippen molar-refractivity contribution in [2.75, 3.05) is 37.3 Å². The van der Waals surface area contributed by atoms with E-state index in [0.29, 0.717) is 23.5 Å². The standard InChI is InChI=1S/C20H24ClN7O/c21-17-5-4-6-18(24-17)28-19(22)25-20(26-28)23-15-7-9-16(10-8-15)29-14-13-27-11-2-1-3-12-27/h4-10H,1-3,11-14H2,(H3,22,23,25,26). The minimum Gasteiger partial charge on any atom is -0.492 e. The summed E-state index contributed by atoms with van der Waals surface area (Å²) in [4.78, 5) is 10.9. The molecule has 29 heavy (non-hydrogen) atoms. The highest BCUT2D eigenvalue weighted by atomic mass is 35.5. The average molecular weight is 414 g/mol. The van der Waals surface area contributed by atoms with Crippen LogP contribution in [0.15, 0.2) is 42.5 Å². The van der Waals surface area contributed by atoms with Crippen molar-refractivity contribution in [3.63, 3.8) is 0 Å². The number of nitrogens with one attached hydrogen (secondary N) is 1. The van der Waals surface area contributed by atoms with Gasteiger partial charge in [-0.2, -0.15) is 9.67 Å². The lowest BCUT2D eigenvalue weighted by Gasteiger charge is -2.26. The molecule has 3 aromatic rings. The molecule has 152 valence electrons. The summed E-state index contributed by atoms with van der Waals surface area (Å²) in [6.45, 7) is 4.03. The zero-order chi connectivity index (χ0) is 20.1. The maximum atomic E-state index is 5.96. The zero-order valence-electron chi connectivity index (χ0n) is 16.1. The largest absolute Gasteiger partial charge is 0.492 e. The van der Waals surface area contributed by atoms with E-state index in [4.69, 9.17) is 22.1 Å². The summed E-state index contributed by atoms with van der Waals surface area (Å²) in [5.74, 6) is 1.95. The quantitative estimate of drug-likeness (QED) is 0.572. The van der Waals surface area contributed by atoms with Gasteiger partial charge in [-0.3, -0.25) is 4.90 Å². The number of rotatable bonds is 7. The number of halogens is 1. The van der Waals surface area contributed by atoms with Crippen molar-refractivity contribution in [2.45, 2.75) is 19.3 Å². The third kappa shape index (κ3) is 5.16. The SMILES string of the molecule is Nc1nc(Nc2ccc(OCCN3CCCCC3)cc2)nn1-c1cccc(Cl)n1. The molecular formula is C20H24ClN7O. The average Bonchev–Trinajstić information content (AvgIpc) is 3.10. The fourth-order valence-electron chi connectivity index (χ4n) is 3.30.